The largest absolute Gasteiger partial charge is 0.497 e. The summed E-state index contributed by atoms with van der Waals surface area (Å²) in [6.45, 7) is 0. The number of hydrogen-bond donors (Lipinski definition) is 1. The van der Waals surface area contributed by atoms with E-state index in [1.54, 1.807) is 7.11 Å². The molecule has 0 aliphatic carbocycles. The van der Waals surface area contributed by atoms with Crippen molar-refractivity contribution in [3.8, 4) is 22.8 Å². The predicted octanol–water partition coefficient (Wildman–Crippen LogP) is 5.68. The molecule has 2 aromatic heterocycles. The molecule has 0 amide bonds. The number of rotatable bonds is 5. The van der Waals surface area contributed by atoms with Crippen LogP contribution >= 0.6 is 12.2 Å². The molecule has 5 aromatic rings. The van der Waals surface area contributed by atoms with Crippen LogP contribution in [0.3, 0.4) is 0 Å². The Bertz CT molecular complexity index is 1380. The van der Waals surface area contributed by atoms with Crippen LogP contribution in [0.1, 0.15) is 5.69 Å². The lowest BCUT2D eigenvalue weighted by Gasteiger charge is -2.09. The molecule has 0 aliphatic heterocycles. The number of imidazole rings is 1. The van der Waals surface area contributed by atoms with Crippen LogP contribution in [-0.4, -0.2) is 16.7 Å². The zero-order chi connectivity index (χ0) is 21.9. The van der Waals surface area contributed by atoms with Gasteiger partial charge in [0.1, 0.15) is 11.4 Å². The van der Waals surface area contributed by atoms with E-state index in [1.165, 1.54) is 0 Å². The van der Waals surface area contributed by atoms with Crippen molar-refractivity contribution in [3.05, 3.63) is 115 Å². The number of para-hydroxylation sites is 1. The number of nitrogens with one attached hydrogen (secondary N) is 1. The number of thiocarbonyl (C=S) groups is 1. The smallest absolute Gasteiger partial charge is 0.299 e. The fourth-order valence-corrected chi connectivity index (χ4v) is 4.23. The summed E-state index contributed by atoms with van der Waals surface area (Å²) < 4.78 is 9.78. The zero-order valence-electron chi connectivity index (χ0n) is 17.6. The minimum atomic E-state index is 0.651. The first-order chi connectivity index (χ1) is 15.8. The van der Waals surface area contributed by atoms with Crippen molar-refractivity contribution in [1.29, 1.82) is 0 Å². The standard InChI is InChI=1S/C27H21N3OS/c1-31-23-17-15-22(16-18-23)30-25(26(32)28-21-12-6-3-7-13-21)24-14-8-9-19-29(24)27(30)20-10-4-2-5-11-20/h2-19H,1H3/p+1. The molecule has 0 saturated heterocycles. The zero-order valence-corrected chi connectivity index (χ0v) is 18.4. The van der Waals surface area contributed by atoms with Crippen LogP contribution in [0.4, 0.5) is 5.69 Å². The number of benzene rings is 3. The van der Waals surface area contributed by atoms with Crippen LogP contribution in [-0.2, 0) is 0 Å². The summed E-state index contributed by atoms with van der Waals surface area (Å²) in [7, 11) is 1.68. The molecule has 2 heterocycles. The van der Waals surface area contributed by atoms with Gasteiger partial charge in [0.15, 0.2) is 10.5 Å². The van der Waals surface area contributed by atoms with Gasteiger partial charge in [0.2, 0.25) is 5.69 Å². The minimum Gasteiger partial charge on any atom is -0.497 e. The Morgan fingerprint density at radius 2 is 1.47 bits per heavy atom. The number of methoxy groups -OCH3 is 1. The molecular weight excluding hydrogens is 414 g/mol. The SMILES string of the molecule is COc1ccc(-n2c(C(=S)Nc3ccccc3)c3cccc[n+]3c2-c2ccccc2)cc1. The molecule has 4 nitrogen and oxygen atoms in total. The number of aromatic nitrogens is 2. The van der Waals surface area contributed by atoms with Crippen molar-refractivity contribution in [2.45, 2.75) is 0 Å². The van der Waals surface area contributed by atoms with Crippen molar-refractivity contribution in [2.75, 3.05) is 12.4 Å². The molecule has 0 unspecified atom stereocenters. The molecule has 0 aliphatic rings. The maximum Gasteiger partial charge on any atom is 0.299 e. The highest BCUT2D eigenvalue weighted by atomic mass is 32.1. The third-order valence-electron chi connectivity index (χ3n) is 5.38. The van der Waals surface area contributed by atoms with Crippen LogP contribution in [0.15, 0.2) is 109 Å². The van der Waals surface area contributed by atoms with Gasteiger partial charge in [-0.3, -0.25) is 0 Å². The second-order valence-corrected chi connectivity index (χ2v) is 7.76. The number of ether oxygens (including phenoxy) is 1. The van der Waals surface area contributed by atoms with Crippen LogP contribution in [0, 0.1) is 0 Å². The van der Waals surface area contributed by atoms with Crippen molar-refractivity contribution < 1.29 is 9.14 Å². The first-order valence-corrected chi connectivity index (χ1v) is 10.8. The number of fused-ring (bicyclic) bond motifs is 1. The topological polar surface area (TPSA) is 30.3 Å². The van der Waals surface area contributed by atoms with Gasteiger partial charge in [0, 0.05) is 5.69 Å². The molecule has 1 N–H and O–H groups in total. The molecule has 0 fully saturated rings. The highest BCUT2D eigenvalue weighted by Gasteiger charge is 2.30. The van der Waals surface area contributed by atoms with Crippen LogP contribution in [0.25, 0.3) is 22.6 Å². The Hall–Kier alpha value is -3.96. The number of anilines is 1. The van der Waals surface area contributed by atoms with Crippen molar-refractivity contribution in [2.24, 2.45) is 0 Å². The molecule has 0 saturated carbocycles. The van der Waals surface area contributed by atoms with Gasteiger partial charge in [-0.15, -0.1) is 0 Å². The quantitative estimate of drug-likeness (QED) is 0.284. The third-order valence-corrected chi connectivity index (χ3v) is 5.67. The van der Waals surface area contributed by atoms with E-state index in [2.05, 4.69) is 62.9 Å². The van der Waals surface area contributed by atoms with E-state index in [9.17, 15) is 0 Å². The fraction of sp³-hybridized carbons (Fsp3) is 0.0370. The molecule has 0 radical (unpaired) electrons. The molecule has 3 aromatic carbocycles. The van der Waals surface area contributed by atoms with Gasteiger partial charge in [0.05, 0.1) is 18.9 Å². The lowest BCUT2D eigenvalue weighted by molar-refractivity contribution is -0.499. The molecule has 5 heteroatoms. The van der Waals surface area contributed by atoms with Crippen LogP contribution < -0.4 is 14.5 Å². The Morgan fingerprint density at radius 1 is 0.812 bits per heavy atom. The lowest BCUT2D eigenvalue weighted by atomic mass is 10.2. The average Bonchev–Trinajstić information content (AvgIpc) is 3.20. The second kappa shape index (κ2) is 8.65. The van der Waals surface area contributed by atoms with E-state index in [0.29, 0.717) is 4.99 Å². The molecule has 0 atom stereocenters. The maximum atomic E-state index is 5.96. The van der Waals surface area contributed by atoms with E-state index in [4.69, 9.17) is 17.0 Å². The Labute approximate surface area is 192 Å². The summed E-state index contributed by atoms with van der Waals surface area (Å²) in [4.78, 5) is 0.651. The van der Waals surface area contributed by atoms with Crippen molar-refractivity contribution in [1.82, 2.24) is 4.57 Å². The number of nitrogens with zero attached hydrogens (tertiary/aromatic N) is 2. The lowest BCUT2D eigenvalue weighted by Crippen LogP contribution is -2.22. The van der Waals surface area contributed by atoms with Gasteiger partial charge in [-0.2, -0.15) is 8.97 Å². The van der Waals surface area contributed by atoms with Gasteiger partial charge in [0.25, 0.3) is 5.82 Å². The Kier molecular flexibility index (Phi) is 5.40. The molecule has 32 heavy (non-hydrogen) atoms. The van der Waals surface area contributed by atoms with Crippen LogP contribution in [0.5, 0.6) is 5.75 Å². The average molecular weight is 437 g/mol. The monoisotopic (exact) mass is 436 g/mol. The van der Waals surface area contributed by atoms with Gasteiger partial charge in [-0.25, -0.2) is 0 Å². The van der Waals surface area contributed by atoms with E-state index >= 15 is 0 Å². The van der Waals surface area contributed by atoms with Gasteiger partial charge in [-0.1, -0.05) is 54.7 Å². The molecule has 156 valence electrons. The summed E-state index contributed by atoms with van der Waals surface area (Å²) in [5.41, 5.74) is 5.00. The summed E-state index contributed by atoms with van der Waals surface area (Å²) >= 11 is 5.96. The minimum absolute atomic E-state index is 0.651. The number of hydrogen-bond acceptors (Lipinski definition) is 2. The highest BCUT2D eigenvalue weighted by Crippen LogP contribution is 2.28. The van der Waals surface area contributed by atoms with E-state index in [1.807, 2.05) is 60.7 Å². The Balaban J connectivity index is 1.79. The fourth-order valence-electron chi connectivity index (χ4n) is 3.92. The van der Waals surface area contributed by atoms with Crippen LogP contribution in [0.2, 0.25) is 0 Å². The first-order valence-electron chi connectivity index (χ1n) is 10.4. The van der Waals surface area contributed by atoms with Gasteiger partial charge >= 0.3 is 0 Å². The van der Waals surface area contributed by atoms with E-state index < -0.39 is 0 Å². The summed E-state index contributed by atoms with van der Waals surface area (Å²) in [6.07, 6.45) is 2.08. The molecule has 0 spiro atoms. The third kappa shape index (κ3) is 3.63. The van der Waals surface area contributed by atoms with Crippen molar-refractivity contribution in [3.63, 3.8) is 0 Å². The summed E-state index contributed by atoms with van der Waals surface area (Å²) in [5.74, 6) is 1.84. The second-order valence-electron chi connectivity index (χ2n) is 7.35. The number of pyridine rings is 1. The van der Waals surface area contributed by atoms with Gasteiger partial charge < -0.3 is 10.1 Å². The molecule has 5 rings (SSSR count). The highest BCUT2D eigenvalue weighted by molar-refractivity contribution is 7.81. The van der Waals surface area contributed by atoms with Crippen molar-refractivity contribution >= 4 is 28.4 Å². The van der Waals surface area contributed by atoms with E-state index in [0.717, 1.165) is 39.7 Å². The maximum absolute atomic E-state index is 5.96. The predicted molar refractivity (Wildman–Crippen MR) is 133 cm³/mol. The molecular formula is C27H22N3OS+. The van der Waals surface area contributed by atoms with E-state index in [-0.39, 0.29) is 0 Å². The molecule has 0 bridgehead atoms. The van der Waals surface area contributed by atoms with Gasteiger partial charge in [-0.05, 0) is 60.7 Å². The first kappa shape index (κ1) is 20.0. The summed E-state index contributed by atoms with van der Waals surface area (Å²) in [5, 5.41) is 3.42. The normalized spacial score (nSPS) is 10.8. The Morgan fingerprint density at radius 3 is 2.16 bits per heavy atom. The summed E-state index contributed by atoms with van der Waals surface area (Å²) in [6, 6.07) is 34.6.